The predicted molar refractivity (Wildman–Crippen MR) is 92.6 cm³/mol. The van der Waals surface area contributed by atoms with Crippen LogP contribution in [0.3, 0.4) is 0 Å². The summed E-state index contributed by atoms with van der Waals surface area (Å²) in [4.78, 5) is 0. The Balaban J connectivity index is 5.95. The van der Waals surface area contributed by atoms with E-state index in [1.165, 1.54) is 0 Å². The van der Waals surface area contributed by atoms with Crippen LogP contribution in [0.15, 0.2) is 0 Å². The highest BCUT2D eigenvalue weighted by Gasteiger charge is 2.60. The maximum Gasteiger partial charge on any atom is 0.508 e. The van der Waals surface area contributed by atoms with Crippen LogP contribution in [0.5, 0.6) is 0 Å². The van der Waals surface area contributed by atoms with Gasteiger partial charge >= 0.3 is 8.80 Å². The van der Waals surface area contributed by atoms with Crippen LogP contribution in [0.4, 0.5) is 0 Å². The van der Waals surface area contributed by atoms with Gasteiger partial charge in [-0.3, -0.25) is 0 Å². The van der Waals surface area contributed by atoms with E-state index in [1.54, 1.807) is 0 Å². The maximum atomic E-state index is 6.53. The van der Waals surface area contributed by atoms with Crippen LogP contribution >= 0.6 is 0 Å². The number of hydrogen-bond donors (Lipinski definition) is 0. The van der Waals surface area contributed by atoms with Gasteiger partial charge in [-0.05, 0) is 68.7 Å². The van der Waals surface area contributed by atoms with Crippen LogP contribution in [0.2, 0.25) is 5.04 Å². The third kappa shape index (κ3) is 7.27. The lowest BCUT2D eigenvalue weighted by Gasteiger charge is -2.49. The average molecular weight is 319 g/mol. The SMILES string of the molecule is CCC(C)(C)[Si](OC(C)(C)C)(OC(C)(C)C)OC(C)(C)C. The van der Waals surface area contributed by atoms with E-state index in [4.69, 9.17) is 13.3 Å². The highest BCUT2D eigenvalue weighted by molar-refractivity contribution is 6.64. The predicted octanol–water partition coefficient (Wildman–Crippen LogP) is 5.56. The van der Waals surface area contributed by atoms with Gasteiger partial charge in [-0.15, -0.1) is 0 Å². The molecule has 21 heavy (non-hydrogen) atoms. The smallest absolute Gasteiger partial charge is 0.368 e. The summed E-state index contributed by atoms with van der Waals surface area (Å²) in [6.07, 6.45) is 0.946. The minimum atomic E-state index is -2.93. The van der Waals surface area contributed by atoms with Gasteiger partial charge in [0.25, 0.3) is 0 Å². The highest BCUT2D eigenvalue weighted by atomic mass is 28.4. The minimum absolute atomic E-state index is 0.152. The zero-order valence-electron chi connectivity index (χ0n) is 16.4. The Labute approximate surface area is 134 Å². The third-order valence-corrected chi connectivity index (χ3v) is 7.69. The first-order valence-corrected chi connectivity index (χ1v) is 9.76. The lowest BCUT2D eigenvalue weighted by molar-refractivity contribution is -0.0891. The molecular weight excluding hydrogens is 280 g/mol. The van der Waals surface area contributed by atoms with Gasteiger partial charge < -0.3 is 13.3 Å². The van der Waals surface area contributed by atoms with Crippen molar-refractivity contribution in [2.45, 2.75) is 111 Å². The summed E-state index contributed by atoms with van der Waals surface area (Å²) in [5, 5.41) is -0.152. The standard InChI is InChI=1S/C17H38O3Si/c1-13-17(11,12)21(18-14(2,3)4,19-15(5,6)7)20-16(8,9)10/h13H2,1-12H3. The molecule has 0 aromatic heterocycles. The summed E-state index contributed by atoms with van der Waals surface area (Å²) in [5.41, 5.74) is -0.931. The average Bonchev–Trinajstić information content (AvgIpc) is 2.08. The van der Waals surface area contributed by atoms with Gasteiger partial charge in [0.15, 0.2) is 0 Å². The van der Waals surface area contributed by atoms with E-state index < -0.39 is 8.80 Å². The van der Waals surface area contributed by atoms with Crippen molar-refractivity contribution >= 4 is 8.80 Å². The summed E-state index contributed by atoms with van der Waals surface area (Å²) in [6.45, 7) is 25.2. The van der Waals surface area contributed by atoms with Crippen molar-refractivity contribution in [1.29, 1.82) is 0 Å². The molecule has 0 aromatic rings. The summed E-state index contributed by atoms with van der Waals surface area (Å²) < 4.78 is 19.6. The van der Waals surface area contributed by atoms with Crippen molar-refractivity contribution in [1.82, 2.24) is 0 Å². The Bertz CT molecular complexity index is 289. The second-order valence-electron chi connectivity index (χ2n) is 9.44. The molecule has 3 nitrogen and oxygen atoms in total. The minimum Gasteiger partial charge on any atom is -0.368 e. The Morgan fingerprint density at radius 1 is 0.571 bits per heavy atom. The molecule has 0 spiro atoms. The first-order valence-electron chi connectivity index (χ1n) is 8.04. The van der Waals surface area contributed by atoms with E-state index in [0.717, 1.165) is 6.42 Å². The van der Waals surface area contributed by atoms with E-state index in [-0.39, 0.29) is 21.8 Å². The van der Waals surface area contributed by atoms with Crippen LogP contribution < -0.4 is 0 Å². The molecule has 0 aliphatic heterocycles. The van der Waals surface area contributed by atoms with E-state index >= 15 is 0 Å². The van der Waals surface area contributed by atoms with Crippen molar-refractivity contribution < 1.29 is 13.3 Å². The van der Waals surface area contributed by atoms with Gasteiger partial charge in [0.05, 0.1) is 16.8 Å². The molecule has 0 saturated heterocycles. The van der Waals surface area contributed by atoms with Gasteiger partial charge in [-0.2, -0.15) is 0 Å². The van der Waals surface area contributed by atoms with Gasteiger partial charge in [0.2, 0.25) is 0 Å². The van der Waals surface area contributed by atoms with Crippen LogP contribution in [0.1, 0.15) is 89.5 Å². The summed E-state index contributed by atoms with van der Waals surface area (Å²) in [7, 11) is -2.93. The molecule has 0 fully saturated rings. The Hall–Kier alpha value is 0.0969. The van der Waals surface area contributed by atoms with Crippen molar-refractivity contribution in [3.05, 3.63) is 0 Å². The fourth-order valence-corrected chi connectivity index (χ4v) is 5.71. The first-order chi connectivity index (χ1) is 8.93. The second kappa shape index (κ2) is 6.30. The van der Waals surface area contributed by atoms with Crippen molar-refractivity contribution in [2.24, 2.45) is 0 Å². The largest absolute Gasteiger partial charge is 0.508 e. The first kappa shape index (κ1) is 21.1. The van der Waals surface area contributed by atoms with Crippen LogP contribution in [-0.4, -0.2) is 25.6 Å². The summed E-state index contributed by atoms with van der Waals surface area (Å²) in [5.74, 6) is 0. The highest BCUT2D eigenvalue weighted by Crippen LogP contribution is 2.47. The Morgan fingerprint density at radius 3 is 0.952 bits per heavy atom. The number of hydrogen-bond acceptors (Lipinski definition) is 3. The van der Waals surface area contributed by atoms with Crippen molar-refractivity contribution in [3.8, 4) is 0 Å². The van der Waals surface area contributed by atoms with Crippen molar-refractivity contribution in [2.75, 3.05) is 0 Å². The molecular formula is C17H38O3Si. The molecule has 0 heterocycles. The lowest BCUT2D eigenvalue weighted by Crippen LogP contribution is -2.62. The van der Waals surface area contributed by atoms with Gasteiger partial charge in [-0.25, -0.2) is 0 Å². The fourth-order valence-electron chi connectivity index (χ4n) is 1.90. The quantitative estimate of drug-likeness (QED) is 0.621. The molecule has 4 heteroatoms. The van der Waals surface area contributed by atoms with E-state index in [1.807, 2.05) is 0 Å². The molecule has 0 aromatic carbocycles. The molecule has 0 atom stereocenters. The van der Waals surface area contributed by atoms with E-state index in [2.05, 4.69) is 83.1 Å². The van der Waals surface area contributed by atoms with Crippen LogP contribution in [-0.2, 0) is 13.3 Å². The van der Waals surface area contributed by atoms with E-state index in [0.29, 0.717) is 0 Å². The van der Waals surface area contributed by atoms with E-state index in [9.17, 15) is 0 Å². The van der Waals surface area contributed by atoms with Gasteiger partial charge in [0, 0.05) is 5.04 Å². The number of rotatable bonds is 5. The summed E-state index contributed by atoms with van der Waals surface area (Å²) in [6, 6.07) is 0. The molecule has 128 valence electrons. The second-order valence-corrected chi connectivity index (χ2v) is 12.5. The normalized spacial score (nSPS) is 15.4. The molecule has 0 aliphatic carbocycles. The molecule has 0 bridgehead atoms. The fraction of sp³-hybridized carbons (Fsp3) is 1.00. The molecule has 0 saturated carbocycles. The lowest BCUT2D eigenvalue weighted by atomic mass is 10.1. The molecule has 0 amide bonds. The zero-order chi connectivity index (χ0) is 17.3. The zero-order valence-corrected chi connectivity index (χ0v) is 17.4. The Morgan fingerprint density at radius 2 is 0.810 bits per heavy atom. The van der Waals surface area contributed by atoms with Crippen LogP contribution in [0, 0.1) is 0 Å². The molecule has 0 aliphatic rings. The van der Waals surface area contributed by atoms with Gasteiger partial charge in [-0.1, -0.05) is 20.8 Å². The monoisotopic (exact) mass is 318 g/mol. The maximum absolute atomic E-state index is 6.53. The molecule has 0 unspecified atom stereocenters. The molecule has 0 rings (SSSR count). The molecule has 0 radical (unpaired) electrons. The molecule has 0 N–H and O–H groups in total. The topological polar surface area (TPSA) is 27.7 Å². The third-order valence-electron chi connectivity index (χ3n) is 3.03. The van der Waals surface area contributed by atoms with Gasteiger partial charge in [0.1, 0.15) is 0 Å². The summed E-state index contributed by atoms with van der Waals surface area (Å²) >= 11 is 0. The van der Waals surface area contributed by atoms with Crippen molar-refractivity contribution in [3.63, 3.8) is 0 Å². The van der Waals surface area contributed by atoms with Crippen LogP contribution in [0.25, 0.3) is 0 Å². The Kier molecular flexibility index (Phi) is 6.33.